The highest BCUT2D eigenvalue weighted by molar-refractivity contribution is 7.99. The van der Waals surface area contributed by atoms with E-state index in [1.54, 1.807) is 98.9 Å². The van der Waals surface area contributed by atoms with Crippen LogP contribution >= 0.6 is 70.1 Å². The Labute approximate surface area is 406 Å². The van der Waals surface area contributed by atoms with Crippen molar-refractivity contribution in [2.24, 2.45) is 16.5 Å². The number of hydrogen-bond acceptors (Lipinski definition) is 13. The van der Waals surface area contributed by atoms with Crippen LogP contribution in [0.15, 0.2) is 146 Å². The lowest BCUT2D eigenvalue weighted by molar-refractivity contribution is 0.102. The summed E-state index contributed by atoms with van der Waals surface area (Å²) in [4.78, 5) is 32.9. The lowest BCUT2D eigenvalue weighted by atomic mass is 10.2. The van der Waals surface area contributed by atoms with E-state index in [0.29, 0.717) is 18.0 Å². The monoisotopic (exact) mass is 1010 g/mol. The highest BCUT2D eigenvalue weighted by Gasteiger charge is 2.08. The average molecular weight is 1010 g/mol. The number of carbonyl (C=O) groups is 1. The third kappa shape index (κ3) is 26.9. The number of aromatic amines is 2. The van der Waals surface area contributed by atoms with Gasteiger partial charge in [-0.15, -0.1) is 35.3 Å². The molecule has 0 saturated carbocycles. The number of alkyl halides is 3. The van der Waals surface area contributed by atoms with E-state index in [0.717, 1.165) is 53.6 Å². The van der Waals surface area contributed by atoms with Crippen LogP contribution in [0.4, 0.5) is 0 Å². The number of aliphatic hydroxyl groups is 1. The molecule has 0 bridgehead atoms. The second-order valence-electron chi connectivity index (χ2n) is 13.7. The van der Waals surface area contributed by atoms with Gasteiger partial charge in [-0.25, -0.2) is 18.4 Å². The minimum absolute atomic E-state index is 0.317. The summed E-state index contributed by atoms with van der Waals surface area (Å²) >= 11 is 19.6. The van der Waals surface area contributed by atoms with E-state index < -0.39 is 19.7 Å². The van der Waals surface area contributed by atoms with Crippen molar-refractivity contribution in [3.8, 4) is 22.8 Å². The van der Waals surface area contributed by atoms with E-state index in [1.165, 1.54) is 26.5 Å². The minimum Gasteiger partial charge on any atom is -0.391 e. The third-order valence-electron chi connectivity index (χ3n) is 7.37. The predicted octanol–water partition coefficient (Wildman–Crippen LogP) is 9.93. The van der Waals surface area contributed by atoms with E-state index in [-0.39, 0.29) is 0 Å². The van der Waals surface area contributed by atoms with Gasteiger partial charge >= 0.3 is 0 Å². The summed E-state index contributed by atoms with van der Waals surface area (Å²) in [5.74, 6) is 2.69. The van der Waals surface area contributed by atoms with E-state index in [4.69, 9.17) is 51.4 Å². The zero-order chi connectivity index (χ0) is 48.0. The number of carbonyl (C=O) groups excluding carboxylic acids is 1. The molecule has 0 unspecified atom stereocenters. The number of halogens is 3. The number of H-pyrrole nitrogens is 2. The molecule has 7 rings (SSSR count). The van der Waals surface area contributed by atoms with Crippen molar-refractivity contribution >= 4 is 92.0 Å². The Bertz CT molecular complexity index is 2230. The molecule has 1 aliphatic heterocycles. The highest BCUT2D eigenvalue weighted by Crippen LogP contribution is 2.21. The number of sulfone groups is 1. The number of hydrogen-bond donors (Lipinski definition) is 6. The van der Waals surface area contributed by atoms with E-state index in [9.17, 15) is 13.2 Å². The molecule has 0 fully saturated rings. The molecule has 19 heteroatoms. The van der Waals surface area contributed by atoms with E-state index in [2.05, 4.69) is 91.3 Å². The Morgan fingerprint density at radius 3 is 1.34 bits per heavy atom. The number of aldehydes is 1. The molecular formula is C45H59Cl3N8O4S4. The predicted molar refractivity (Wildman–Crippen MR) is 276 cm³/mol. The molecule has 8 N–H and O–H groups in total. The SMILES string of the molecule is CC(C)(C)O.CS(=O)(=O)c1ccc(-c2ncc[nH]2)cc1.CSc1ccc(-c2ncc[nH]2)cc1.CSc1ccc(C2=NCCN2)cc1.CSc1ccc(C=O)cc1.ClC(Cl)Cl.NCCN. The number of imidazole rings is 2. The van der Waals surface area contributed by atoms with Gasteiger partial charge in [-0.3, -0.25) is 9.79 Å². The van der Waals surface area contributed by atoms with Crippen LogP contribution in [0.2, 0.25) is 0 Å². The summed E-state index contributed by atoms with van der Waals surface area (Å²) in [6.07, 6.45) is 15.2. The van der Waals surface area contributed by atoms with Gasteiger partial charge in [0.15, 0.2) is 14.1 Å². The fourth-order valence-corrected chi connectivity index (χ4v) is 6.33. The largest absolute Gasteiger partial charge is 0.391 e. The first-order valence-electron chi connectivity index (χ1n) is 19.4. The van der Waals surface area contributed by atoms with Crippen molar-refractivity contribution in [1.29, 1.82) is 0 Å². The van der Waals surface area contributed by atoms with Gasteiger partial charge in [-0.1, -0.05) is 71.2 Å². The highest BCUT2D eigenvalue weighted by atomic mass is 35.6. The number of aliphatic imine (C=N–C) groups is 1. The van der Waals surface area contributed by atoms with Crippen LogP contribution in [0.5, 0.6) is 0 Å². The normalized spacial score (nSPS) is 11.3. The van der Waals surface area contributed by atoms with Crippen molar-refractivity contribution in [1.82, 2.24) is 25.3 Å². The smallest absolute Gasteiger partial charge is 0.180 e. The number of thioether (sulfide) groups is 3. The molecule has 12 nitrogen and oxygen atoms in total. The molecule has 0 aliphatic carbocycles. The number of aromatic nitrogens is 4. The lowest BCUT2D eigenvalue weighted by Gasteiger charge is -2.04. The van der Waals surface area contributed by atoms with Gasteiger partial charge in [0.25, 0.3) is 0 Å². The van der Waals surface area contributed by atoms with Crippen molar-refractivity contribution in [3.05, 3.63) is 133 Å². The van der Waals surface area contributed by atoms with Crippen molar-refractivity contribution in [2.45, 2.75) is 50.2 Å². The van der Waals surface area contributed by atoms with Gasteiger partial charge in [-0.05, 0) is 100 Å². The molecule has 0 radical (unpaired) electrons. The van der Waals surface area contributed by atoms with E-state index in [1.807, 2.05) is 36.7 Å². The van der Waals surface area contributed by atoms with Gasteiger partial charge in [0.2, 0.25) is 0 Å². The first-order valence-corrected chi connectivity index (χ1v) is 26.3. The van der Waals surface area contributed by atoms with Crippen LogP contribution in [0.3, 0.4) is 0 Å². The van der Waals surface area contributed by atoms with Crippen molar-refractivity contribution in [2.75, 3.05) is 51.2 Å². The summed E-state index contributed by atoms with van der Waals surface area (Å²) in [5, 5.41) is 11.8. The summed E-state index contributed by atoms with van der Waals surface area (Å²) < 4.78 is 21.7. The number of benzene rings is 4. The first-order chi connectivity index (χ1) is 30.4. The fraction of sp³-hybridized carbons (Fsp3) is 0.289. The zero-order valence-corrected chi connectivity index (χ0v) is 42.5. The first kappa shape index (κ1) is 58.2. The Morgan fingerprint density at radius 1 is 0.703 bits per heavy atom. The molecule has 0 spiro atoms. The maximum atomic E-state index is 11.2. The van der Waals surface area contributed by atoms with Crippen LogP contribution in [0.25, 0.3) is 22.8 Å². The molecule has 6 aromatic rings. The molecule has 64 heavy (non-hydrogen) atoms. The standard InChI is InChI=1S/C10H10N2O2S.C10H12N2S.C10H10N2S.C8H8OS.C4H10O.C2H8N2.CHCl3/c1-15(13,14)9-4-2-8(3-5-9)10-11-6-7-12-10;2*1-13-9-4-2-8(3-5-9)10-11-6-7-12-10;1-10-8-4-2-7(6-9)3-5-8;1-4(2,3)5;3-1-2-4;2-1(3)4/h2-7H,1H3,(H,11,12);2-5H,6-7H2,1H3,(H,11,12);2-7H,1H3,(H,11,12);2-6H,1H3;5H,1-3H3;1-4H2;1H. The van der Waals surface area contributed by atoms with Crippen LogP contribution in [-0.2, 0) is 9.84 Å². The van der Waals surface area contributed by atoms with Gasteiger partial charge in [-0.2, -0.15) is 0 Å². The Morgan fingerprint density at radius 2 is 1.06 bits per heavy atom. The number of nitrogens with two attached hydrogens (primary N) is 2. The fourth-order valence-electron chi connectivity index (χ4n) is 4.48. The zero-order valence-electron chi connectivity index (χ0n) is 37.0. The molecule has 1 aliphatic rings. The maximum absolute atomic E-state index is 11.2. The Kier molecular flexibility index (Phi) is 29.8. The number of nitrogens with zero attached hydrogens (tertiary/aromatic N) is 3. The summed E-state index contributed by atoms with van der Waals surface area (Å²) in [7, 11) is -3.12. The van der Waals surface area contributed by atoms with Crippen molar-refractivity contribution < 1.29 is 18.3 Å². The molecule has 0 amide bonds. The van der Waals surface area contributed by atoms with Crippen LogP contribution in [0.1, 0.15) is 36.7 Å². The van der Waals surface area contributed by atoms with Crippen LogP contribution < -0.4 is 16.8 Å². The Balaban J connectivity index is 0.000000393. The summed E-state index contributed by atoms with van der Waals surface area (Å²) in [5.41, 5.74) is 13.2. The third-order valence-corrected chi connectivity index (χ3v) is 10.7. The lowest BCUT2D eigenvalue weighted by Crippen LogP contribution is -2.19. The average Bonchev–Trinajstić information content (AvgIpc) is 4.12. The molecule has 0 saturated heterocycles. The topological polar surface area (TPSA) is 205 Å². The van der Waals surface area contributed by atoms with Gasteiger partial charge in [0, 0.05) is 87.6 Å². The minimum atomic E-state index is -3.12. The number of nitrogens with one attached hydrogen (secondary N) is 3. The quantitative estimate of drug-likeness (QED) is 0.0455. The van der Waals surface area contributed by atoms with Crippen molar-refractivity contribution in [3.63, 3.8) is 0 Å². The molecule has 3 heterocycles. The van der Waals surface area contributed by atoms with Gasteiger partial charge in [0.1, 0.15) is 23.8 Å². The maximum Gasteiger partial charge on any atom is 0.180 e. The number of amidine groups is 1. The van der Waals surface area contributed by atoms with Gasteiger partial charge < -0.3 is 31.9 Å². The second-order valence-corrected chi connectivity index (χ2v) is 20.3. The second kappa shape index (κ2) is 32.8. The summed E-state index contributed by atoms with van der Waals surface area (Å²) in [6.45, 7) is 8.30. The molecule has 0 atom stereocenters. The van der Waals surface area contributed by atoms with Gasteiger partial charge in [0.05, 0.1) is 17.0 Å². The number of rotatable bonds is 9. The Hall–Kier alpha value is -3.81. The van der Waals surface area contributed by atoms with Crippen LogP contribution in [0, 0.1) is 0 Å². The summed E-state index contributed by atoms with van der Waals surface area (Å²) in [6, 6.07) is 31.0. The molecular weight excluding hydrogens is 951 g/mol. The van der Waals surface area contributed by atoms with Crippen LogP contribution in [-0.4, -0.2) is 107 Å². The molecule has 2 aromatic heterocycles. The van der Waals surface area contributed by atoms with E-state index >= 15 is 0 Å². The molecule has 348 valence electrons. The molecule has 4 aromatic carbocycles.